The van der Waals surface area contributed by atoms with Crippen LogP contribution in [0.2, 0.25) is 0 Å². The van der Waals surface area contributed by atoms with Gasteiger partial charge in [-0.1, -0.05) is 37.6 Å². The Labute approximate surface area is 235 Å². The maximum atomic E-state index is 13.7. The molecule has 2 heterocycles. The Balaban J connectivity index is 2.06. The summed E-state index contributed by atoms with van der Waals surface area (Å²) in [6.45, 7) is 3.94. The van der Waals surface area contributed by atoms with E-state index >= 15 is 0 Å². The number of esters is 2. The monoisotopic (exact) mass is 564 g/mol. The zero-order valence-electron chi connectivity index (χ0n) is 22.9. The van der Waals surface area contributed by atoms with E-state index in [-0.39, 0.29) is 34.8 Å². The predicted octanol–water partition coefficient (Wildman–Crippen LogP) is 2.74. The number of carbonyl (C=O) groups is 2. The van der Waals surface area contributed by atoms with Gasteiger partial charge in [-0.3, -0.25) is 9.36 Å². The highest BCUT2D eigenvalue weighted by Crippen LogP contribution is 2.38. The summed E-state index contributed by atoms with van der Waals surface area (Å²) in [6.07, 6.45) is 3.16. The molecule has 40 heavy (non-hydrogen) atoms. The van der Waals surface area contributed by atoms with Crippen LogP contribution in [0.1, 0.15) is 43.7 Å². The molecule has 10 heteroatoms. The molecule has 0 saturated heterocycles. The largest absolute Gasteiger partial charge is 0.497 e. The Morgan fingerprint density at radius 1 is 0.975 bits per heavy atom. The van der Waals surface area contributed by atoms with Crippen LogP contribution in [0.4, 0.5) is 0 Å². The molecule has 3 aromatic rings. The smallest absolute Gasteiger partial charge is 0.338 e. The van der Waals surface area contributed by atoms with Gasteiger partial charge in [0.1, 0.15) is 22.0 Å². The summed E-state index contributed by atoms with van der Waals surface area (Å²) in [5, 5.41) is 0. The second kappa shape index (κ2) is 12.7. The van der Waals surface area contributed by atoms with Gasteiger partial charge in [0, 0.05) is 0 Å². The van der Waals surface area contributed by atoms with Crippen LogP contribution in [0.15, 0.2) is 58.9 Å². The normalized spacial score (nSPS) is 15.1. The zero-order chi connectivity index (χ0) is 28.8. The third-order valence-corrected chi connectivity index (χ3v) is 7.52. The Hall–Kier alpha value is -4.31. The third-order valence-electron chi connectivity index (χ3n) is 6.41. The summed E-state index contributed by atoms with van der Waals surface area (Å²) in [4.78, 5) is 40.8. The topological polar surface area (TPSA) is 119 Å². The molecule has 2 N–H and O–H groups in total. The van der Waals surface area contributed by atoms with E-state index in [0.29, 0.717) is 28.0 Å². The van der Waals surface area contributed by atoms with E-state index in [4.69, 9.17) is 24.7 Å². The Kier molecular flexibility index (Phi) is 9.11. The fourth-order valence-electron chi connectivity index (χ4n) is 4.48. The van der Waals surface area contributed by atoms with Gasteiger partial charge in [-0.05, 0) is 54.8 Å². The molecule has 4 rings (SSSR count). The molecule has 0 spiro atoms. The van der Waals surface area contributed by atoms with E-state index in [1.54, 1.807) is 56.5 Å². The van der Waals surface area contributed by atoms with E-state index in [2.05, 4.69) is 0 Å². The van der Waals surface area contributed by atoms with Gasteiger partial charge in [-0.15, -0.1) is 11.3 Å². The number of methoxy groups -OCH3 is 2. The van der Waals surface area contributed by atoms with E-state index in [0.717, 1.165) is 23.3 Å². The van der Waals surface area contributed by atoms with Crippen LogP contribution < -0.4 is 30.0 Å². The highest BCUT2D eigenvalue weighted by molar-refractivity contribution is 7.07. The molecule has 0 saturated carbocycles. The van der Waals surface area contributed by atoms with Crippen molar-refractivity contribution in [1.82, 2.24) is 4.57 Å². The number of nitrogens with zero attached hydrogens (tertiary/aromatic N) is 1. The summed E-state index contributed by atoms with van der Waals surface area (Å²) in [6, 6.07) is 14.2. The minimum atomic E-state index is -0.953. The first kappa shape index (κ1) is 28.7. The van der Waals surface area contributed by atoms with Crippen LogP contribution in [0.25, 0.3) is 17.5 Å². The number of hydrogen-bond donors (Lipinski definition) is 1. The molecule has 210 valence electrons. The Morgan fingerprint density at radius 2 is 1.65 bits per heavy atom. The van der Waals surface area contributed by atoms with E-state index < -0.39 is 23.4 Å². The number of unbranched alkanes of at least 4 members (excludes halogenated alkanes) is 1. The molecule has 0 bridgehead atoms. The first-order valence-electron chi connectivity index (χ1n) is 12.9. The molecule has 1 aliphatic heterocycles. The molecule has 9 nitrogen and oxygen atoms in total. The number of carbonyl (C=O) groups excluding carboxylic acids is 2. The lowest BCUT2D eigenvalue weighted by Gasteiger charge is -2.27. The van der Waals surface area contributed by atoms with E-state index in [1.807, 2.05) is 19.1 Å². The van der Waals surface area contributed by atoms with Crippen molar-refractivity contribution in [2.24, 2.45) is 5.73 Å². The zero-order valence-corrected chi connectivity index (χ0v) is 23.7. The Morgan fingerprint density at radius 3 is 2.33 bits per heavy atom. The van der Waals surface area contributed by atoms with Crippen LogP contribution in [0.5, 0.6) is 11.5 Å². The first-order chi connectivity index (χ1) is 19.3. The Bertz CT molecular complexity index is 1630. The van der Waals surface area contributed by atoms with Gasteiger partial charge in [-0.25, -0.2) is 9.59 Å². The van der Waals surface area contributed by atoms with Crippen molar-refractivity contribution in [3.8, 4) is 11.5 Å². The van der Waals surface area contributed by atoms with Crippen molar-refractivity contribution in [2.45, 2.75) is 32.6 Å². The summed E-state index contributed by atoms with van der Waals surface area (Å²) >= 11 is 1.10. The van der Waals surface area contributed by atoms with Gasteiger partial charge in [0.25, 0.3) is 5.56 Å². The number of ether oxygens (including phenoxy) is 4. The summed E-state index contributed by atoms with van der Waals surface area (Å²) in [5.74, 6) is -1.26. The van der Waals surface area contributed by atoms with Crippen LogP contribution >= 0.6 is 11.3 Å². The molecule has 0 fully saturated rings. The third kappa shape index (κ3) is 5.67. The summed E-state index contributed by atoms with van der Waals surface area (Å²) in [5.41, 5.74) is 7.54. The molecule has 2 aromatic carbocycles. The predicted molar refractivity (Wildman–Crippen MR) is 153 cm³/mol. The molecule has 0 amide bonds. The number of thiazole rings is 1. The van der Waals surface area contributed by atoms with Crippen molar-refractivity contribution >= 4 is 40.7 Å². The summed E-state index contributed by atoms with van der Waals surface area (Å²) < 4.78 is 23.5. The number of fused-ring (bicyclic) bond motifs is 1. The van der Waals surface area contributed by atoms with Gasteiger partial charge >= 0.3 is 11.9 Å². The van der Waals surface area contributed by atoms with E-state index in [9.17, 15) is 14.4 Å². The lowest BCUT2D eigenvalue weighted by Crippen LogP contribution is -2.42. The van der Waals surface area contributed by atoms with Gasteiger partial charge in [0.15, 0.2) is 0 Å². The van der Waals surface area contributed by atoms with Crippen LogP contribution in [-0.4, -0.2) is 43.9 Å². The fourth-order valence-corrected chi connectivity index (χ4v) is 5.64. The standard InChI is InChI=1S/C30H32N2O7S/c1-5-7-14-39-29(34)24-23(19-11-9-13-21(17-19)37-4)25(30(35)38-6-2)28-32(26(24)31)27(33)22(40-28)16-18-10-8-12-20(15-18)36-3/h8-13,15-17,23H,5-7,14,31H2,1-4H3/b22-16-. The minimum Gasteiger partial charge on any atom is -0.497 e. The maximum absolute atomic E-state index is 13.7. The summed E-state index contributed by atoms with van der Waals surface area (Å²) in [7, 11) is 3.08. The fraction of sp³-hybridized carbons (Fsp3) is 0.300. The molecular formula is C30H32N2O7S. The van der Waals surface area contributed by atoms with E-state index in [1.165, 1.54) is 11.7 Å². The van der Waals surface area contributed by atoms with Gasteiger partial charge in [-0.2, -0.15) is 0 Å². The van der Waals surface area contributed by atoms with Gasteiger partial charge in [0.05, 0.1) is 49.0 Å². The number of rotatable bonds is 10. The number of nitrogens with two attached hydrogens (primary N) is 1. The van der Waals surface area contributed by atoms with Crippen molar-refractivity contribution in [2.75, 3.05) is 27.4 Å². The van der Waals surface area contributed by atoms with Crippen molar-refractivity contribution in [3.63, 3.8) is 0 Å². The van der Waals surface area contributed by atoms with Crippen molar-refractivity contribution < 1.29 is 28.5 Å². The average molecular weight is 565 g/mol. The second-order valence-corrected chi connectivity index (χ2v) is 10.00. The molecule has 1 aliphatic rings. The number of benzene rings is 2. The molecular weight excluding hydrogens is 532 g/mol. The highest BCUT2D eigenvalue weighted by atomic mass is 32.1. The maximum Gasteiger partial charge on any atom is 0.338 e. The molecule has 1 atom stereocenters. The van der Waals surface area contributed by atoms with Gasteiger partial charge < -0.3 is 24.7 Å². The van der Waals surface area contributed by atoms with Crippen LogP contribution in [0.3, 0.4) is 0 Å². The first-order valence-corrected chi connectivity index (χ1v) is 13.8. The minimum absolute atomic E-state index is 0.00672. The number of aromatic nitrogens is 1. The second-order valence-electron chi connectivity index (χ2n) is 8.97. The van der Waals surface area contributed by atoms with Crippen molar-refractivity contribution in [1.29, 1.82) is 0 Å². The lowest BCUT2D eigenvalue weighted by atomic mass is 9.83. The van der Waals surface area contributed by atoms with Crippen molar-refractivity contribution in [3.05, 3.63) is 84.8 Å². The van der Waals surface area contributed by atoms with Crippen LogP contribution in [0, 0.1) is 0 Å². The highest BCUT2D eigenvalue weighted by Gasteiger charge is 2.40. The van der Waals surface area contributed by atoms with Crippen LogP contribution in [-0.2, 0) is 19.1 Å². The molecule has 1 aromatic heterocycles. The number of hydrogen-bond acceptors (Lipinski definition) is 9. The molecule has 0 aliphatic carbocycles. The SMILES string of the molecule is CCCCOC(=O)C1=C(N)n2c(s/c(=C\c3cccc(OC)c3)c2=O)=C(C(=O)OCC)C1c1cccc(OC)c1. The molecule has 1 unspecified atom stereocenters. The average Bonchev–Trinajstić information content (AvgIpc) is 3.28. The van der Waals surface area contributed by atoms with Gasteiger partial charge in [0.2, 0.25) is 0 Å². The lowest BCUT2D eigenvalue weighted by molar-refractivity contribution is -0.139. The molecule has 0 radical (unpaired) electrons. The quantitative estimate of drug-likeness (QED) is 0.295.